The summed E-state index contributed by atoms with van der Waals surface area (Å²) in [5.74, 6) is -1.79. The highest BCUT2D eigenvalue weighted by atomic mass is 16.5. The molecule has 2 unspecified atom stereocenters. The van der Waals surface area contributed by atoms with Crippen LogP contribution in [0.2, 0.25) is 0 Å². The highest BCUT2D eigenvalue weighted by Gasteiger charge is 2.79. The number of unbranched alkanes of at least 4 members (excludes halogenated alkanes) is 2. The van der Waals surface area contributed by atoms with Crippen LogP contribution in [0.15, 0.2) is 55.6 Å². The average Bonchev–Trinajstić information content (AvgIpc) is 3.64. The summed E-state index contributed by atoms with van der Waals surface area (Å²) in [6.45, 7) is 11.1. The normalized spacial score (nSPS) is 29.9. The minimum atomic E-state index is -1.05. The number of aliphatic hydroxyl groups is 1. The van der Waals surface area contributed by atoms with Crippen LogP contribution in [0.1, 0.15) is 77.6 Å². The Morgan fingerprint density at radius 3 is 2.40 bits per heavy atom. The first kappa shape index (κ1) is 31.5. The maximum absolute atomic E-state index is 14.8. The summed E-state index contributed by atoms with van der Waals surface area (Å²) in [5.41, 5.74) is -1.10. The highest BCUT2D eigenvalue weighted by molar-refractivity contribution is 6.03. The predicted octanol–water partition coefficient (Wildman–Crippen LogP) is 4.87. The van der Waals surface area contributed by atoms with E-state index in [1.165, 1.54) is 6.42 Å². The van der Waals surface area contributed by atoms with Gasteiger partial charge in [-0.15, -0.1) is 13.2 Å². The molecule has 4 aliphatic rings. The van der Waals surface area contributed by atoms with Crippen LogP contribution in [0.5, 0.6) is 0 Å². The molecule has 3 amide bonds. The molecular weight excluding hydrogens is 542 g/mol. The number of anilines is 1. The molecule has 1 aliphatic carbocycles. The number of amides is 3. The molecule has 2 bridgehead atoms. The topological polar surface area (TPSA) is 90.4 Å². The standard InChI is InChI=1S/C35H49N3O5/c1-4-22-36(26-16-10-7-11-17-26)31(40)28-29-32(41)38(24-14-9-15-25-39)30(35(29)21-20-34(28,6-3)43-35)33(42)37(23-5-2)27-18-12-8-13-19-27/h4-5,7,10-11,16-17,27-30,39H,1-2,6,8-9,12-15,18-25H2,3H3/t28-,29+,30?,34+,35?/m1/s1. The van der Waals surface area contributed by atoms with Crippen molar-refractivity contribution in [2.75, 3.05) is 31.1 Å². The van der Waals surface area contributed by atoms with Crippen molar-refractivity contribution >= 4 is 23.4 Å². The van der Waals surface area contributed by atoms with Crippen molar-refractivity contribution in [3.63, 3.8) is 0 Å². The fourth-order valence-corrected chi connectivity index (χ4v) is 8.52. The fraction of sp³-hybridized carbons (Fsp3) is 0.629. The molecule has 4 fully saturated rings. The number of likely N-dealkylation sites (tertiary alicyclic amines) is 1. The highest BCUT2D eigenvalue weighted by Crippen LogP contribution is 2.65. The van der Waals surface area contributed by atoms with Crippen molar-refractivity contribution in [3.8, 4) is 0 Å². The molecule has 8 heteroatoms. The van der Waals surface area contributed by atoms with Gasteiger partial charge in [0.15, 0.2) is 0 Å². The van der Waals surface area contributed by atoms with E-state index in [-0.39, 0.29) is 30.4 Å². The van der Waals surface area contributed by atoms with Gasteiger partial charge in [-0.05, 0) is 63.5 Å². The minimum absolute atomic E-state index is 0.0733. The van der Waals surface area contributed by atoms with Crippen LogP contribution in [0, 0.1) is 11.8 Å². The molecule has 1 spiro atoms. The number of fused-ring (bicyclic) bond motifs is 1. The van der Waals surface area contributed by atoms with Crippen LogP contribution >= 0.6 is 0 Å². The van der Waals surface area contributed by atoms with Crippen molar-refractivity contribution in [3.05, 3.63) is 55.6 Å². The third kappa shape index (κ3) is 5.46. The number of nitrogens with zero attached hydrogens (tertiary/aromatic N) is 3. The van der Waals surface area contributed by atoms with Crippen LogP contribution in [0.25, 0.3) is 0 Å². The van der Waals surface area contributed by atoms with E-state index in [0.29, 0.717) is 51.7 Å². The Morgan fingerprint density at radius 1 is 1.02 bits per heavy atom. The minimum Gasteiger partial charge on any atom is -0.396 e. The molecule has 234 valence electrons. The van der Waals surface area contributed by atoms with Gasteiger partial charge in [-0.2, -0.15) is 0 Å². The largest absolute Gasteiger partial charge is 0.396 e. The molecule has 1 aromatic rings. The third-order valence-corrected chi connectivity index (χ3v) is 10.5. The van der Waals surface area contributed by atoms with Gasteiger partial charge >= 0.3 is 0 Å². The number of hydrogen-bond acceptors (Lipinski definition) is 5. The fourth-order valence-electron chi connectivity index (χ4n) is 8.52. The number of carbonyl (C=O) groups is 3. The quantitative estimate of drug-likeness (QED) is 0.246. The van der Waals surface area contributed by atoms with E-state index in [1.54, 1.807) is 22.0 Å². The summed E-state index contributed by atoms with van der Waals surface area (Å²) < 4.78 is 7.05. The van der Waals surface area contributed by atoms with Gasteiger partial charge in [-0.25, -0.2) is 0 Å². The number of aliphatic hydroxyl groups excluding tert-OH is 1. The summed E-state index contributed by atoms with van der Waals surface area (Å²) in [4.78, 5) is 49.4. The van der Waals surface area contributed by atoms with Crippen molar-refractivity contribution in [1.82, 2.24) is 9.80 Å². The summed E-state index contributed by atoms with van der Waals surface area (Å²) in [6, 6.07) is 8.84. The summed E-state index contributed by atoms with van der Waals surface area (Å²) >= 11 is 0. The molecule has 43 heavy (non-hydrogen) atoms. The zero-order chi connectivity index (χ0) is 30.6. The van der Waals surface area contributed by atoms with E-state index in [1.807, 2.05) is 42.2 Å². The number of para-hydroxylation sites is 1. The van der Waals surface area contributed by atoms with Gasteiger partial charge in [0.1, 0.15) is 11.6 Å². The van der Waals surface area contributed by atoms with Crippen molar-refractivity contribution in [1.29, 1.82) is 0 Å². The average molecular weight is 592 g/mol. The van der Waals surface area contributed by atoms with E-state index >= 15 is 0 Å². The lowest BCUT2D eigenvalue weighted by Crippen LogP contribution is -2.58. The third-order valence-electron chi connectivity index (χ3n) is 10.5. The first-order chi connectivity index (χ1) is 20.9. The van der Waals surface area contributed by atoms with Gasteiger partial charge < -0.3 is 24.5 Å². The van der Waals surface area contributed by atoms with Crippen molar-refractivity contribution in [2.24, 2.45) is 11.8 Å². The van der Waals surface area contributed by atoms with Crippen LogP contribution < -0.4 is 4.90 Å². The Morgan fingerprint density at radius 2 is 1.74 bits per heavy atom. The van der Waals surface area contributed by atoms with Gasteiger partial charge in [0.25, 0.3) is 0 Å². The summed E-state index contributed by atoms with van der Waals surface area (Å²) in [6.07, 6.45) is 12.6. The first-order valence-corrected chi connectivity index (χ1v) is 16.4. The smallest absolute Gasteiger partial charge is 0.248 e. The van der Waals surface area contributed by atoms with Gasteiger partial charge in [0, 0.05) is 38.0 Å². The Labute approximate surface area is 256 Å². The van der Waals surface area contributed by atoms with Gasteiger partial charge in [-0.1, -0.05) is 56.5 Å². The van der Waals surface area contributed by atoms with E-state index in [4.69, 9.17) is 4.74 Å². The van der Waals surface area contributed by atoms with Crippen LogP contribution in [-0.2, 0) is 19.1 Å². The SMILES string of the molecule is C=CCN(C(=O)[C@H]1[C@H]2C(=O)N(CCCCCO)C(C(=O)N(CC=C)C3CCCCC3)C23CC[C@]1(CC)O3)c1ccccc1. The Balaban J connectivity index is 1.56. The molecule has 3 saturated heterocycles. The molecule has 1 N–H and O–H groups in total. The maximum Gasteiger partial charge on any atom is 0.248 e. The predicted molar refractivity (Wildman–Crippen MR) is 167 cm³/mol. The maximum atomic E-state index is 14.8. The van der Waals surface area contributed by atoms with Crippen LogP contribution in [-0.4, -0.2) is 82.2 Å². The molecule has 0 radical (unpaired) electrons. The monoisotopic (exact) mass is 591 g/mol. The molecule has 1 saturated carbocycles. The Kier molecular flexibility index (Phi) is 9.76. The number of hydrogen-bond donors (Lipinski definition) is 1. The summed E-state index contributed by atoms with van der Waals surface area (Å²) in [7, 11) is 0. The van der Waals surface area contributed by atoms with Crippen molar-refractivity contribution < 1.29 is 24.2 Å². The second kappa shape index (κ2) is 13.3. The zero-order valence-corrected chi connectivity index (χ0v) is 25.8. The lowest BCUT2D eigenvalue weighted by molar-refractivity contribution is -0.154. The molecule has 5 rings (SSSR count). The Hall–Kier alpha value is -2.97. The number of benzene rings is 1. The first-order valence-electron chi connectivity index (χ1n) is 16.4. The summed E-state index contributed by atoms with van der Waals surface area (Å²) in [5, 5.41) is 9.36. The Bertz CT molecular complexity index is 1180. The molecule has 1 aromatic carbocycles. The van der Waals surface area contributed by atoms with Gasteiger partial charge in [0.2, 0.25) is 17.7 Å². The molecule has 3 heterocycles. The second-order valence-electron chi connectivity index (χ2n) is 12.8. The molecule has 0 aromatic heterocycles. The second-order valence-corrected chi connectivity index (χ2v) is 12.8. The lowest BCUT2D eigenvalue weighted by Gasteiger charge is -2.41. The number of ether oxygens (including phenoxy) is 1. The van der Waals surface area contributed by atoms with Gasteiger partial charge in [-0.3, -0.25) is 14.4 Å². The molecule has 3 aliphatic heterocycles. The molecule has 5 atom stereocenters. The van der Waals surface area contributed by atoms with Crippen LogP contribution in [0.4, 0.5) is 5.69 Å². The van der Waals surface area contributed by atoms with E-state index in [0.717, 1.165) is 37.8 Å². The van der Waals surface area contributed by atoms with Crippen LogP contribution in [0.3, 0.4) is 0 Å². The van der Waals surface area contributed by atoms with E-state index in [9.17, 15) is 19.5 Å². The van der Waals surface area contributed by atoms with E-state index < -0.39 is 29.1 Å². The van der Waals surface area contributed by atoms with E-state index in [2.05, 4.69) is 13.2 Å². The lowest BCUT2D eigenvalue weighted by atomic mass is 9.64. The van der Waals surface area contributed by atoms with Gasteiger partial charge in [0.05, 0.1) is 17.4 Å². The zero-order valence-electron chi connectivity index (χ0n) is 25.8. The number of carbonyl (C=O) groups excluding carboxylic acids is 3. The molecule has 8 nitrogen and oxygen atoms in total. The molecular formula is C35H49N3O5. The number of rotatable bonds is 14. The van der Waals surface area contributed by atoms with Crippen molar-refractivity contribution in [2.45, 2.75) is 101 Å².